The Kier molecular flexibility index (Phi) is 5.91. The maximum Gasteiger partial charge on any atom is 0.229 e. The summed E-state index contributed by atoms with van der Waals surface area (Å²) in [6.45, 7) is 2.42. The number of aliphatic hydroxyl groups is 1. The molecular formula is C23H31FN2O3. The van der Waals surface area contributed by atoms with Crippen molar-refractivity contribution in [3.63, 3.8) is 0 Å². The van der Waals surface area contributed by atoms with E-state index in [9.17, 15) is 19.1 Å². The average Bonchev–Trinajstić information content (AvgIpc) is 3.52. The van der Waals surface area contributed by atoms with E-state index in [0.29, 0.717) is 51.2 Å². The molecule has 1 aliphatic carbocycles. The zero-order valence-corrected chi connectivity index (χ0v) is 17.0. The molecule has 2 amide bonds. The normalized spacial score (nSPS) is 24.2. The van der Waals surface area contributed by atoms with Crippen LogP contribution in [0.1, 0.15) is 50.5 Å². The van der Waals surface area contributed by atoms with E-state index in [1.54, 1.807) is 12.1 Å². The van der Waals surface area contributed by atoms with E-state index in [2.05, 4.69) is 0 Å². The zero-order chi connectivity index (χ0) is 20.4. The number of amides is 2. The van der Waals surface area contributed by atoms with Crippen molar-refractivity contribution in [3.8, 4) is 0 Å². The molecule has 29 heavy (non-hydrogen) atoms. The van der Waals surface area contributed by atoms with Crippen molar-refractivity contribution in [3.05, 3.63) is 35.6 Å². The van der Waals surface area contributed by atoms with Crippen LogP contribution < -0.4 is 0 Å². The molecule has 5 nitrogen and oxygen atoms in total. The predicted molar refractivity (Wildman–Crippen MR) is 108 cm³/mol. The largest absolute Gasteiger partial charge is 0.391 e. The van der Waals surface area contributed by atoms with Crippen LogP contribution in [0.15, 0.2) is 24.3 Å². The number of rotatable bonds is 6. The van der Waals surface area contributed by atoms with Gasteiger partial charge in [-0.1, -0.05) is 12.1 Å². The van der Waals surface area contributed by atoms with Gasteiger partial charge in [0.1, 0.15) is 5.82 Å². The lowest BCUT2D eigenvalue weighted by molar-refractivity contribution is -0.159. The van der Waals surface area contributed by atoms with Crippen molar-refractivity contribution in [1.29, 1.82) is 0 Å². The van der Waals surface area contributed by atoms with Crippen LogP contribution in [0, 0.1) is 17.2 Å². The molecule has 0 radical (unpaired) electrons. The Balaban J connectivity index is 1.27. The highest BCUT2D eigenvalue weighted by molar-refractivity contribution is 5.84. The smallest absolute Gasteiger partial charge is 0.229 e. The summed E-state index contributed by atoms with van der Waals surface area (Å²) in [5.74, 6) is 0.688. The second-order valence-electron chi connectivity index (χ2n) is 9.15. The molecule has 3 aliphatic rings. The standard InChI is InChI=1S/C23H31FN2O3/c24-19-8-6-17(7-9-19)2-1-3-21(28)25-12-10-23(11-13-25)14-20(27)16-26(22(23)29)15-18-4-5-18/h6-9,18,20,27H,1-5,10-16H2. The molecule has 1 aromatic carbocycles. The van der Waals surface area contributed by atoms with Gasteiger partial charge in [-0.05, 0) is 68.6 Å². The van der Waals surface area contributed by atoms with Gasteiger partial charge in [0, 0.05) is 32.6 Å². The van der Waals surface area contributed by atoms with E-state index < -0.39 is 11.5 Å². The molecule has 6 heteroatoms. The summed E-state index contributed by atoms with van der Waals surface area (Å²) in [6.07, 6.45) is 5.70. The number of β-amino-alcohol motifs (C(OH)–C–C–N with tert-alkyl or cyclic N) is 1. The van der Waals surface area contributed by atoms with Gasteiger partial charge in [-0.15, -0.1) is 0 Å². The molecule has 3 fully saturated rings. The minimum Gasteiger partial charge on any atom is -0.391 e. The Labute approximate surface area is 171 Å². The second kappa shape index (κ2) is 8.42. The summed E-state index contributed by atoms with van der Waals surface area (Å²) in [4.78, 5) is 29.5. The number of likely N-dealkylation sites (tertiary alicyclic amines) is 2. The van der Waals surface area contributed by atoms with Crippen molar-refractivity contribution in [2.45, 2.75) is 57.5 Å². The highest BCUT2D eigenvalue weighted by atomic mass is 19.1. The van der Waals surface area contributed by atoms with Crippen molar-refractivity contribution >= 4 is 11.8 Å². The number of aliphatic hydroxyl groups excluding tert-OH is 1. The Morgan fingerprint density at radius 2 is 1.86 bits per heavy atom. The number of carbonyl (C=O) groups is 2. The third-order valence-electron chi connectivity index (χ3n) is 6.82. The summed E-state index contributed by atoms with van der Waals surface area (Å²) < 4.78 is 13.0. The predicted octanol–water partition coefficient (Wildman–Crippen LogP) is 2.76. The van der Waals surface area contributed by atoms with E-state index in [1.165, 1.54) is 25.0 Å². The number of halogens is 1. The van der Waals surface area contributed by atoms with Crippen molar-refractivity contribution in [2.75, 3.05) is 26.2 Å². The first-order chi connectivity index (χ1) is 13.9. The van der Waals surface area contributed by atoms with Gasteiger partial charge in [0.15, 0.2) is 0 Å². The SMILES string of the molecule is O=C(CCCc1ccc(F)cc1)N1CCC2(CC1)CC(O)CN(CC1CC1)C2=O. The van der Waals surface area contributed by atoms with Gasteiger partial charge in [0.05, 0.1) is 11.5 Å². The lowest BCUT2D eigenvalue weighted by atomic mass is 9.70. The van der Waals surface area contributed by atoms with E-state index in [1.807, 2.05) is 9.80 Å². The molecule has 2 saturated heterocycles. The summed E-state index contributed by atoms with van der Waals surface area (Å²) in [5, 5.41) is 10.4. The van der Waals surface area contributed by atoms with Gasteiger partial charge >= 0.3 is 0 Å². The van der Waals surface area contributed by atoms with Crippen molar-refractivity contribution < 1.29 is 19.1 Å². The number of piperidine rings is 2. The number of hydrogen-bond donors (Lipinski definition) is 1. The van der Waals surface area contributed by atoms with E-state index >= 15 is 0 Å². The van der Waals surface area contributed by atoms with Gasteiger partial charge in [-0.3, -0.25) is 9.59 Å². The van der Waals surface area contributed by atoms with Crippen molar-refractivity contribution in [1.82, 2.24) is 9.80 Å². The maximum atomic E-state index is 13.1. The maximum absolute atomic E-state index is 13.1. The van der Waals surface area contributed by atoms with Crippen LogP contribution in [0.25, 0.3) is 0 Å². The molecule has 2 aliphatic heterocycles. The van der Waals surface area contributed by atoms with Gasteiger partial charge < -0.3 is 14.9 Å². The summed E-state index contributed by atoms with van der Waals surface area (Å²) in [6, 6.07) is 6.42. The minimum atomic E-state index is -0.489. The van der Waals surface area contributed by atoms with Crippen LogP contribution in [0.2, 0.25) is 0 Å². The molecule has 2 heterocycles. The fourth-order valence-electron chi connectivity index (χ4n) is 4.90. The molecule has 1 spiro atoms. The summed E-state index contributed by atoms with van der Waals surface area (Å²) >= 11 is 0. The fraction of sp³-hybridized carbons (Fsp3) is 0.652. The zero-order valence-electron chi connectivity index (χ0n) is 17.0. The number of carbonyl (C=O) groups excluding carboxylic acids is 2. The molecule has 0 aromatic heterocycles. The van der Waals surface area contributed by atoms with Crippen LogP contribution in [0.4, 0.5) is 4.39 Å². The minimum absolute atomic E-state index is 0.126. The first-order valence-electron chi connectivity index (χ1n) is 10.9. The highest BCUT2D eigenvalue weighted by Gasteiger charge is 2.49. The molecule has 0 bridgehead atoms. The van der Waals surface area contributed by atoms with Crippen LogP contribution in [-0.4, -0.2) is 59.0 Å². The Morgan fingerprint density at radius 1 is 1.17 bits per heavy atom. The first kappa shape index (κ1) is 20.3. The molecular weight excluding hydrogens is 371 g/mol. The molecule has 4 rings (SSSR count). The van der Waals surface area contributed by atoms with Gasteiger partial charge in [0.25, 0.3) is 0 Å². The molecule has 1 atom stereocenters. The Bertz CT molecular complexity index is 737. The van der Waals surface area contributed by atoms with Gasteiger partial charge in [-0.2, -0.15) is 0 Å². The molecule has 1 unspecified atom stereocenters. The molecule has 1 N–H and O–H groups in total. The number of hydrogen-bond acceptors (Lipinski definition) is 3. The lowest BCUT2D eigenvalue weighted by Crippen LogP contribution is -2.58. The summed E-state index contributed by atoms with van der Waals surface area (Å²) in [5.41, 5.74) is 0.548. The average molecular weight is 403 g/mol. The van der Waals surface area contributed by atoms with Gasteiger partial charge in [0.2, 0.25) is 11.8 Å². The quantitative estimate of drug-likeness (QED) is 0.796. The third kappa shape index (κ3) is 4.80. The monoisotopic (exact) mass is 402 g/mol. The topological polar surface area (TPSA) is 60.9 Å². The highest BCUT2D eigenvalue weighted by Crippen LogP contribution is 2.42. The number of nitrogens with zero attached hydrogens (tertiary/aromatic N) is 2. The first-order valence-corrected chi connectivity index (χ1v) is 10.9. The lowest BCUT2D eigenvalue weighted by Gasteiger charge is -2.48. The van der Waals surface area contributed by atoms with E-state index in [0.717, 1.165) is 24.9 Å². The number of benzene rings is 1. The van der Waals surface area contributed by atoms with Crippen LogP contribution >= 0.6 is 0 Å². The fourth-order valence-corrected chi connectivity index (χ4v) is 4.90. The Hall–Kier alpha value is -1.95. The molecule has 158 valence electrons. The van der Waals surface area contributed by atoms with E-state index in [-0.39, 0.29) is 17.6 Å². The van der Waals surface area contributed by atoms with Crippen LogP contribution in [0.5, 0.6) is 0 Å². The van der Waals surface area contributed by atoms with Crippen LogP contribution in [-0.2, 0) is 16.0 Å². The van der Waals surface area contributed by atoms with E-state index in [4.69, 9.17) is 0 Å². The Morgan fingerprint density at radius 3 is 2.52 bits per heavy atom. The molecule has 1 saturated carbocycles. The molecule has 1 aromatic rings. The second-order valence-corrected chi connectivity index (χ2v) is 9.15. The number of aryl methyl sites for hydroxylation is 1. The summed E-state index contributed by atoms with van der Waals surface area (Å²) in [7, 11) is 0. The van der Waals surface area contributed by atoms with Crippen LogP contribution in [0.3, 0.4) is 0 Å². The third-order valence-corrected chi connectivity index (χ3v) is 6.82. The van der Waals surface area contributed by atoms with Gasteiger partial charge in [-0.25, -0.2) is 4.39 Å². The van der Waals surface area contributed by atoms with Crippen molar-refractivity contribution in [2.24, 2.45) is 11.3 Å².